The lowest BCUT2D eigenvalue weighted by Crippen LogP contribution is -3.14. The lowest BCUT2D eigenvalue weighted by molar-refractivity contribution is -0.900. The molecule has 2 fully saturated rings. The summed E-state index contributed by atoms with van der Waals surface area (Å²) in [6, 6.07) is 6.66. The zero-order valence-electron chi connectivity index (χ0n) is 17.1. The molecule has 3 rings (SSSR count). The number of likely N-dealkylation sites (tertiary alicyclic amines) is 1. The minimum absolute atomic E-state index is 0.0148. The first-order chi connectivity index (χ1) is 13.4. The van der Waals surface area contributed by atoms with Gasteiger partial charge >= 0.3 is 0 Å². The van der Waals surface area contributed by atoms with Crippen molar-refractivity contribution < 1.29 is 18.1 Å². The van der Waals surface area contributed by atoms with Gasteiger partial charge in [0.25, 0.3) is 5.91 Å². The molecule has 6 nitrogen and oxygen atoms in total. The fourth-order valence-electron chi connectivity index (χ4n) is 4.51. The van der Waals surface area contributed by atoms with Gasteiger partial charge in [-0.05, 0) is 49.9 Å². The maximum absolute atomic E-state index is 12.9. The predicted molar refractivity (Wildman–Crippen MR) is 111 cm³/mol. The second-order valence-electron chi connectivity index (χ2n) is 8.51. The topological polar surface area (TPSA) is 70.9 Å². The SMILES string of the molecule is C[C@H]1CCC[NH+](CC(=O)Nc2ccc(S(=O)(=O)N(C)C3CCCCC3)cc2)C1. The highest BCUT2D eigenvalue weighted by Crippen LogP contribution is 2.26. The van der Waals surface area contributed by atoms with Crippen LogP contribution < -0.4 is 10.2 Å². The van der Waals surface area contributed by atoms with Crippen molar-refractivity contribution in [3.05, 3.63) is 24.3 Å². The van der Waals surface area contributed by atoms with Crippen molar-refractivity contribution in [2.75, 3.05) is 32.0 Å². The Labute approximate surface area is 169 Å². The van der Waals surface area contributed by atoms with Gasteiger partial charge in [0.05, 0.1) is 18.0 Å². The molecule has 1 aliphatic heterocycles. The van der Waals surface area contributed by atoms with Crippen molar-refractivity contribution in [1.82, 2.24) is 4.31 Å². The Bertz CT molecular complexity index is 758. The third-order valence-corrected chi connectivity index (χ3v) is 8.10. The highest BCUT2D eigenvalue weighted by molar-refractivity contribution is 7.89. The average molecular weight is 409 g/mol. The molecule has 1 aromatic rings. The van der Waals surface area contributed by atoms with Gasteiger partial charge in [-0.15, -0.1) is 0 Å². The van der Waals surface area contributed by atoms with Crippen molar-refractivity contribution in [1.29, 1.82) is 0 Å². The number of carbonyl (C=O) groups excluding carboxylic acids is 1. The number of sulfonamides is 1. The minimum Gasteiger partial charge on any atom is -0.327 e. The Morgan fingerprint density at radius 3 is 2.43 bits per heavy atom. The summed E-state index contributed by atoms with van der Waals surface area (Å²) in [5.41, 5.74) is 0.647. The molecule has 1 saturated carbocycles. The highest BCUT2D eigenvalue weighted by Gasteiger charge is 2.29. The summed E-state index contributed by atoms with van der Waals surface area (Å²) in [6.07, 6.45) is 7.65. The van der Waals surface area contributed by atoms with E-state index in [-0.39, 0.29) is 16.8 Å². The zero-order chi connectivity index (χ0) is 20.1. The predicted octanol–water partition coefficient (Wildman–Crippen LogP) is 1.89. The van der Waals surface area contributed by atoms with Crippen LogP contribution in [0.2, 0.25) is 0 Å². The maximum atomic E-state index is 12.9. The van der Waals surface area contributed by atoms with E-state index in [0.717, 1.165) is 38.8 Å². The number of nitrogens with one attached hydrogen (secondary N) is 2. The van der Waals surface area contributed by atoms with Crippen molar-refractivity contribution in [3.63, 3.8) is 0 Å². The van der Waals surface area contributed by atoms with Crippen LogP contribution in [-0.4, -0.2) is 51.4 Å². The van der Waals surface area contributed by atoms with E-state index in [1.165, 1.54) is 28.5 Å². The highest BCUT2D eigenvalue weighted by atomic mass is 32.2. The summed E-state index contributed by atoms with van der Waals surface area (Å²) in [4.78, 5) is 13.9. The molecule has 1 saturated heterocycles. The van der Waals surface area contributed by atoms with Crippen LogP contribution in [0.15, 0.2) is 29.2 Å². The maximum Gasteiger partial charge on any atom is 0.279 e. The zero-order valence-corrected chi connectivity index (χ0v) is 17.9. The number of rotatable bonds is 6. The first-order valence-corrected chi connectivity index (χ1v) is 12.0. The monoisotopic (exact) mass is 408 g/mol. The molecule has 7 heteroatoms. The Morgan fingerprint density at radius 2 is 1.79 bits per heavy atom. The minimum atomic E-state index is -3.50. The number of piperidine rings is 1. The number of hydrogen-bond acceptors (Lipinski definition) is 3. The number of amides is 1. The van der Waals surface area contributed by atoms with E-state index < -0.39 is 10.0 Å². The van der Waals surface area contributed by atoms with E-state index in [1.54, 1.807) is 31.3 Å². The Morgan fingerprint density at radius 1 is 1.11 bits per heavy atom. The van der Waals surface area contributed by atoms with Crippen molar-refractivity contribution in [2.24, 2.45) is 5.92 Å². The second kappa shape index (κ2) is 9.37. The number of quaternary nitrogens is 1. The van der Waals surface area contributed by atoms with Crippen LogP contribution in [0.25, 0.3) is 0 Å². The summed E-state index contributed by atoms with van der Waals surface area (Å²) >= 11 is 0. The third kappa shape index (κ3) is 5.33. The second-order valence-corrected chi connectivity index (χ2v) is 10.5. The Balaban J connectivity index is 1.58. The molecule has 1 unspecified atom stereocenters. The van der Waals surface area contributed by atoms with Gasteiger partial charge in [-0.3, -0.25) is 4.79 Å². The van der Waals surface area contributed by atoms with Crippen LogP contribution in [0, 0.1) is 5.92 Å². The van der Waals surface area contributed by atoms with Crippen LogP contribution >= 0.6 is 0 Å². The molecule has 0 bridgehead atoms. The van der Waals surface area contributed by atoms with E-state index in [2.05, 4.69) is 12.2 Å². The number of carbonyl (C=O) groups is 1. The average Bonchev–Trinajstić information content (AvgIpc) is 2.68. The lowest BCUT2D eigenvalue weighted by Gasteiger charge is -2.30. The number of anilines is 1. The molecule has 1 heterocycles. The van der Waals surface area contributed by atoms with E-state index in [9.17, 15) is 13.2 Å². The van der Waals surface area contributed by atoms with Gasteiger partial charge in [-0.1, -0.05) is 26.2 Å². The molecule has 1 aromatic carbocycles. The number of nitrogens with zero attached hydrogens (tertiary/aromatic N) is 1. The molecule has 2 atom stereocenters. The van der Waals surface area contributed by atoms with Crippen molar-refractivity contribution in [3.8, 4) is 0 Å². The summed E-state index contributed by atoms with van der Waals surface area (Å²) < 4.78 is 27.3. The molecule has 2 aliphatic rings. The van der Waals surface area contributed by atoms with Gasteiger partial charge in [0, 0.05) is 24.7 Å². The molecule has 2 N–H and O–H groups in total. The summed E-state index contributed by atoms with van der Waals surface area (Å²) in [5.74, 6) is 0.654. The van der Waals surface area contributed by atoms with E-state index in [1.807, 2.05) is 0 Å². The van der Waals surface area contributed by atoms with Gasteiger partial charge < -0.3 is 10.2 Å². The Hall–Kier alpha value is -1.44. The largest absolute Gasteiger partial charge is 0.327 e. The molecule has 156 valence electrons. The van der Waals surface area contributed by atoms with Gasteiger partial charge in [-0.2, -0.15) is 4.31 Å². The first kappa shape index (κ1) is 21.3. The number of benzene rings is 1. The van der Waals surface area contributed by atoms with Gasteiger partial charge in [0.1, 0.15) is 0 Å². The van der Waals surface area contributed by atoms with Crippen LogP contribution in [-0.2, 0) is 14.8 Å². The van der Waals surface area contributed by atoms with Gasteiger partial charge in [0.15, 0.2) is 6.54 Å². The van der Waals surface area contributed by atoms with Crippen LogP contribution in [0.5, 0.6) is 0 Å². The summed E-state index contributed by atoms with van der Waals surface area (Å²) in [7, 11) is -1.81. The lowest BCUT2D eigenvalue weighted by atomic mass is 9.96. The molecule has 1 aliphatic carbocycles. The van der Waals surface area contributed by atoms with E-state index >= 15 is 0 Å². The molecule has 0 radical (unpaired) electrons. The molecule has 0 spiro atoms. The Kier molecular flexibility index (Phi) is 7.12. The standard InChI is InChI=1S/C21H33N3O3S/c1-17-7-6-14-24(15-17)16-21(25)22-18-10-12-20(13-11-18)28(26,27)23(2)19-8-4-3-5-9-19/h10-13,17,19H,3-9,14-16H2,1-2H3,(H,22,25)/p+1/t17-/m0/s1. The molecular weight excluding hydrogens is 374 g/mol. The molecule has 1 amide bonds. The molecule has 0 aromatic heterocycles. The quantitative estimate of drug-likeness (QED) is 0.755. The van der Waals surface area contributed by atoms with Crippen LogP contribution in [0.3, 0.4) is 0 Å². The van der Waals surface area contributed by atoms with E-state index in [0.29, 0.717) is 18.2 Å². The third-order valence-electron chi connectivity index (χ3n) is 6.18. The first-order valence-electron chi connectivity index (χ1n) is 10.6. The van der Waals surface area contributed by atoms with Crippen molar-refractivity contribution in [2.45, 2.75) is 62.8 Å². The smallest absolute Gasteiger partial charge is 0.279 e. The fraction of sp³-hybridized carbons (Fsp3) is 0.667. The van der Waals surface area contributed by atoms with Crippen LogP contribution in [0.1, 0.15) is 51.9 Å². The summed E-state index contributed by atoms with van der Waals surface area (Å²) in [5, 5.41) is 2.91. The molecular formula is C21H34N3O3S+. The van der Waals surface area contributed by atoms with E-state index in [4.69, 9.17) is 0 Å². The normalized spacial score (nSPS) is 24.2. The fourth-order valence-corrected chi connectivity index (χ4v) is 5.92. The summed E-state index contributed by atoms with van der Waals surface area (Å²) in [6.45, 7) is 4.79. The van der Waals surface area contributed by atoms with Crippen LogP contribution in [0.4, 0.5) is 5.69 Å². The van der Waals surface area contributed by atoms with Gasteiger partial charge in [-0.25, -0.2) is 8.42 Å². The molecule has 28 heavy (non-hydrogen) atoms. The van der Waals surface area contributed by atoms with Gasteiger partial charge in [0.2, 0.25) is 10.0 Å². The van der Waals surface area contributed by atoms with Crippen molar-refractivity contribution >= 4 is 21.6 Å². The number of hydrogen-bond donors (Lipinski definition) is 2.